The van der Waals surface area contributed by atoms with Crippen LogP contribution in [0.4, 0.5) is 5.82 Å². The Kier molecular flexibility index (Phi) is 2.88. The SMILES string of the molecule is Clc1nc(I)cnc1N1CCCC1. The van der Waals surface area contributed by atoms with Crippen molar-refractivity contribution in [2.45, 2.75) is 12.8 Å². The molecule has 1 saturated heterocycles. The van der Waals surface area contributed by atoms with Gasteiger partial charge in [-0.25, -0.2) is 9.97 Å². The van der Waals surface area contributed by atoms with Crippen molar-refractivity contribution >= 4 is 40.0 Å². The van der Waals surface area contributed by atoms with E-state index in [0.717, 1.165) is 22.6 Å². The molecule has 0 radical (unpaired) electrons. The van der Waals surface area contributed by atoms with Crippen LogP contribution in [-0.2, 0) is 0 Å². The third-order valence-corrected chi connectivity index (χ3v) is 2.86. The number of halogens is 2. The average molecular weight is 310 g/mol. The first-order valence-electron chi connectivity index (χ1n) is 4.20. The predicted molar refractivity (Wildman–Crippen MR) is 61.2 cm³/mol. The Bertz CT molecular complexity index is 312. The molecule has 0 spiro atoms. The number of hydrogen-bond donors (Lipinski definition) is 0. The summed E-state index contributed by atoms with van der Waals surface area (Å²) in [5, 5.41) is 0.522. The molecule has 0 aliphatic carbocycles. The van der Waals surface area contributed by atoms with Crippen molar-refractivity contribution in [3.63, 3.8) is 0 Å². The fraction of sp³-hybridized carbons (Fsp3) is 0.500. The van der Waals surface area contributed by atoms with E-state index in [1.54, 1.807) is 6.20 Å². The van der Waals surface area contributed by atoms with E-state index in [1.165, 1.54) is 12.8 Å². The lowest BCUT2D eigenvalue weighted by Crippen LogP contribution is -2.19. The maximum atomic E-state index is 5.99. The molecule has 1 aliphatic heterocycles. The molecule has 1 aromatic rings. The summed E-state index contributed by atoms with van der Waals surface area (Å²) in [6.07, 6.45) is 4.20. The Morgan fingerprint density at radius 3 is 2.69 bits per heavy atom. The van der Waals surface area contributed by atoms with E-state index in [4.69, 9.17) is 11.6 Å². The van der Waals surface area contributed by atoms with Crippen molar-refractivity contribution in [2.24, 2.45) is 0 Å². The normalized spacial score (nSPS) is 16.6. The fourth-order valence-corrected chi connectivity index (χ4v) is 2.26. The first-order valence-corrected chi connectivity index (χ1v) is 5.66. The van der Waals surface area contributed by atoms with E-state index in [-0.39, 0.29) is 0 Å². The van der Waals surface area contributed by atoms with E-state index >= 15 is 0 Å². The van der Waals surface area contributed by atoms with E-state index in [2.05, 4.69) is 37.5 Å². The number of hydrogen-bond acceptors (Lipinski definition) is 3. The largest absolute Gasteiger partial charge is 0.354 e. The van der Waals surface area contributed by atoms with Crippen LogP contribution in [0, 0.1) is 3.70 Å². The molecule has 1 fully saturated rings. The molecular weight excluding hydrogens is 300 g/mol. The minimum absolute atomic E-state index is 0.522. The predicted octanol–water partition coefficient (Wildman–Crippen LogP) is 2.33. The molecule has 0 unspecified atom stereocenters. The van der Waals surface area contributed by atoms with Gasteiger partial charge in [-0.15, -0.1) is 0 Å². The van der Waals surface area contributed by atoms with Crippen molar-refractivity contribution < 1.29 is 0 Å². The van der Waals surface area contributed by atoms with Gasteiger partial charge in [0, 0.05) is 13.1 Å². The number of nitrogens with zero attached hydrogens (tertiary/aromatic N) is 3. The van der Waals surface area contributed by atoms with Gasteiger partial charge < -0.3 is 4.90 Å². The van der Waals surface area contributed by atoms with E-state index in [0.29, 0.717) is 5.15 Å². The molecular formula is C8H9ClIN3. The summed E-state index contributed by atoms with van der Waals surface area (Å²) in [6.45, 7) is 2.10. The smallest absolute Gasteiger partial charge is 0.172 e. The van der Waals surface area contributed by atoms with Gasteiger partial charge in [0.25, 0.3) is 0 Å². The highest BCUT2D eigenvalue weighted by Gasteiger charge is 2.17. The first kappa shape index (κ1) is 9.45. The highest BCUT2D eigenvalue weighted by molar-refractivity contribution is 14.1. The molecule has 3 nitrogen and oxygen atoms in total. The molecule has 5 heteroatoms. The number of rotatable bonds is 1. The molecule has 1 aliphatic rings. The topological polar surface area (TPSA) is 29.0 Å². The lowest BCUT2D eigenvalue weighted by atomic mass is 10.4. The highest BCUT2D eigenvalue weighted by Crippen LogP contribution is 2.24. The Balaban J connectivity index is 2.29. The van der Waals surface area contributed by atoms with Crippen molar-refractivity contribution in [1.82, 2.24) is 9.97 Å². The van der Waals surface area contributed by atoms with Gasteiger partial charge in [-0.2, -0.15) is 0 Å². The van der Waals surface area contributed by atoms with Gasteiger partial charge in [-0.05, 0) is 35.4 Å². The quantitative estimate of drug-likeness (QED) is 0.746. The van der Waals surface area contributed by atoms with Crippen LogP contribution < -0.4 is 4.90 Å². The van der Waals surface area contributed by atoms with Crippen LogP contribution in [0.1, 0.15) is 12.8 Å². The van der Waals surface area contributed by atoms with Gasteiger partial charge in [-0.1, -0.05) is 11.6 Å². The maximum absolute atomic E-state index is 5.99. The summed E-state index contributed by atoms with van der Waals surface area (Å²) in [7, 11) is 0. The Labute approximate surface area is 95.6 Å². The van der Waals surface area contributed by atoms with E-state index in [1.807, 2.05) is 0 Å². The van der Waals surface area contributed by atoms with Crippen molar-refractivity contribution in [3.8, 4) is 0 Å². The van der Waals surface area contributed by atoms with Crippen molar-refractivity contribution in [3.05, 3.63) is 15.1 Å². The Morgan fingerprint density at radius 2 is 2.08 bits per heavy atom. The molecule has 0 aromatic carbocycles. The molecule has 2 rings (SSSR count). The molecule has 70 valence electrons. The second kappa shape index (κ2) is 3.96. The summed E-state index contributed by atoms with van der Waals surface area (Å²) in [5.41, 5.74) is 0. The van der Waals surface area contributed by atoms with Crippen molar-refractivity contribution in [1.29, 1.82) is 0 Å². The summed E-state index contributed by atoms with van der Waals surface area (Å²) in [5.74, 6) is 0.833. The summed E-state index contributed by atoms with van der Waals surface area (Å²) < 4.78 is 0.838. The minimum atomic E-state index is 0.522. The maximum Gasteiger partial charge on any atom is 0.172 e. The molecule has 13 heavy (non-hydrogen) atoms. The molecule has 0 amide bonds. The molecule has 0 atom stereocenters. The fourth-order valence-electron chi connectivity index (χ4n) is 1.48. The van der Waals surface area contributed by atoms with E-state index in [9.17, 15) is 0 Å². The molecule has 0 N–H and O–H groups in total. The zero-order valence-electron chi connectivity index (χ0n) is 7.00. The second-order valence-corrected chi connectivity index (χ2v) is 4.46. The van der Waals surface area contributed by atoms with Gasteiger partial charge in [-0.3, -0.25) is 0 Å². The standard InChI is InChI=1S/C8H9ClIN3/c9-7-8(11-5-6(10)12-7)13-3-1-2-4-13/h5H,1-4H2. The summed E-state index contributed by atoms with van der Waals surface area (Å²) in [6, 6.07) is 0. The third-order valence-electron chi connectivity index (χ3n) is 2.09. The monoisotopic (exact) mass is 309 g/mol. The van der Waals surface area contributed by atoms with Gasteiger partial charge in [0.15, 0.2) is 11.0 Å². The van der Waals surface area contributed by atoms with Crippen LogP contribution in [-0.4, -0.2) is 23.1 Å². The van der Waals surface area contributed by atoms with E-state index < -0.39 is 0 Å². The highest BCUT2D eigenvalue weighted by atomic mass is 127. The van der Waals surface area contributed by atoms with Gasteiger partial charge in [0.1, 0.15) is 3.70 Å². The minimum Gasteiger partial charge on any atom is -0.354 e. The lowest BCUT2D eigenvalue weighted by Gasteiger charge is -2.16. The average Bonchev–Trinajstić information content (AvgIpc) is 2.56. The van der Waals surface area contributed by atoms with Crippen LogP contribution in [0.15, 0.2) is 6.20 Å². The lowest BCUT2D eigenvalue weighted by molar-refractivity contribution is 0.923. The number of aromatic nitrogens is 2. The summed E-state index contributed by atoms with van der Waals surface area (Å²) >= 11 is 8.10. The second-order valence-electron chi connectivity index (χ2n) is 3.00. The van der Waals surface area contributed by atoms with Crippen LogP contribution in [0.25, 0.3) is 0 Å². The van der Waals surface area contributed by atoms with Crippen molar-refractivity contribution in [2.75, 3.05) is 18.0 Å². The third kappa shape index (κ3) is 2.04. The first-order chi connectivity index (χ1) is 6.27. The number of anilines is 1. The van der Waals surface area contributed by atoms with Gasteiger partial charge >= 0.3 is 0 Å². The van der Waals surface area contributed by atoms with Crippen LogP contribution in [0.2, 0.25) is 5.15 Å². The molecule has 0 bridgehead atoms. The van der Waals surface area contributed by atoms with Crippen LogP contribution in [0.5, 0.6) is 0 Å². The van der Waals surface area contributed by atoms with Gasteiger partial charge in [0.05, 0.1) is 6.20 Å². The van der Waals surface area contributed by atoms with Crippen LogP contribution in [0.3, 0.4) is 0 Å². The van der Waals surface area contributed by atoms with Gasteiger partial charge in [0.2, 0.25) is 0 Å². The Hall–Kier alpha value is -0.100. The molecule has 2 heterocycles. The zero-order valence-corrected chi connectivity index (χ0v) is 9.92. The zero-order chi connectivity index (χ0) is 9.26. The Morgan fingerprint density at radius 1 is 1.38 bits per heavy atom. The molecule has 1 aromatic heterocycles. The summed E-state index contributed by atoms with van der Waals surface area (Å²) in [4.78, 5) is 10.6. The molecule has 0 saturated carbocycles. The van der Waals surface area contributed by atoms with Crippen LogP contribution >= 0.6 is 34.2 Å².